The fourth-order valence-corrected chi connectivity index (χ4v) is 3.66. The average molecular weight is 337 g/mol. The highest BCUT2D eigenvalue weighted by molar-refractivity contribution is 5.33. The molecule has 0 amide bonds. The van der Waals surface area contributed by atoms with Gasteiger partial charge in [0.15, 0.2) is 0 Å². The standard InChI is InChI=1S/C19H23N5O/c1-13-17(12-20-15-9-8-14-11-21-22-18(14)10-15)19(25)24(23(13)2)16-6-4-3-5-7-16/h3-7,11,15,20H,8-10,12H2,1-2H3,(H,21,22). The molecule has 1 aliphatic carbocycles. The predicted molar refractivity (Wildman–Crippen MR) is 97.0 cm³/mol. The quantitative estimate of drug-likeness (QED) is 0.763. The third kappa shape index (κ3) is 2.82. The van der Waals surface area contributed by atoms with Gasteiger partial charge >= 0.3 is 0 Å². The molecule has 1 unspecified atom stereocenters. The number of nitrogens with one attached hydrogen (secondary N) is 2. The molecule has 6 heteroatoms. The van der Waals surface area contributed by atoms with Crippen LogP contribution in [0.4, 0.5) is 0 Å². The second-order valence-corrected chi connectivity index (χ2v) is 6.73. The van der Waals surface area contributed by atoms with Crippen LogP contribution in [0.5, 0.6) is 0 Å². The lowest BCUT2D eigenvalue weighted by atomic mass is 9.93. The van der Waals surface area contributed by atoms with Crippen molar-refractivity contribution in [3.05, 3.63) is 69.4 Å². The molecule has 2 N–H and O–H groups in total. The van der Waals surface area contributed by atoms with Crippen molar-refractivity contribution < 1.29 is 0 Å². The van der Waals surface area contributed by atoms with E-state index in [1.165, 1.54) is 11.3 Å². The summed E-state index contributed by atoms with van der Waals surface area (Å²) in [4.78, 5) is 12.9. The van der Waals surface area contributed by atoms with E-state index in [0.717, 1.165) is 36.2 Å². The molecule has 0 spiro atoms. The minimum atomic E-state index is 0.0525. The second-order valence-electron chi connectivity index (χ2n) is 6.73. The highest BCUT2D eigenvalue weighted by atomic mass is 16.1. The Hall–Kier alpha value is -2.60. The Balaban J connectivity index is 1.55. The molecule has 2 heterocycles. The van der Waals surface area contributed by atoms with Crippen molar-refractivity contribution in [2.75, 3.05) is 0 Å². The van der Waals surface area contributed by atoms with Gasteiger partial charge in [-0.2, -0.15) is 5.10 Å². The molecule has 0 fully saturated rings. The van der Waals surface area contributed by atoms with E-state index >= 15 is 0 Å². The zero-order chi connectivity index (χ0) is 17.4. The Morgan fingerprint density at radius 2 is 2.12 bits per heavy atom. The van der Waals surface area contributed by atoms with Crippen molar-refractivity contribution in [3.8, 4) is 5.69 Å². The fourth-order valence-electron chi connectivity index (χ4n) is 3.66. The number of para-hydroxylation sites is 1. The van der Waals surface area contributed by atoms with Crippen LogP contribution in [0.25, 0.3) is 5.69 Å². The van der Waals surface area contributed by atoms with Gasteiger partial charge in [0.2, 0.25) is 0 Å². The molecule has 2 aromatic heterocycles. The van der Waals surface area contributed by atoms with E-state index in [1.54, 1.807) is 4.68 Å². The van der Waals surface area contributed by atoms with E-state index in [0.29, 0.717) is 12.6 Å². The molecular weight excluding hydrogens is 314 g/mol. The SMILES string of the molecule is Cc1c(CNC2CCc3cn[nH]c3C2)c(=O)n(-c2ccccc2)n1C. The molecule has 0 radical (unpaired) electrons. The smallest absolute Gasteiger partial charge is 0.276 e. The maximum absolute atomic E-state index is 12.9. The first-order valence-corrected chi connectivity index (χ1v) is 8.72. The number of H-pyrrole nitrogens is 1. The molecule has 0 saturated heterocycles. The van der Waals surface area contributed by atoms with Crippen LogP contribution in [0.1, 0.15) is 28.9 Å². The van der Waals surface area contributed by atoms with Gasteiger partial charge in [-0.25, -0.2) is 4.68 Å². The highest BCUT2D eigenvalue weighted by Gasteiger charge is 2.21. The van der Waals surface area contributed by atoms with Gasteiger partial charge in [0, 0.05) is 37.4 Å². The number of aryl methyl sites for hydroxylation is 1. The zero-order valence-corrected chi connectivity index (χ0v) is 14.6. The Morgan fingerprint density at radius 1 is 1.32 bits per heavy atom. The summed E-state index contributed by atoms with van der Waals surface area (Å²) >= 11 is 0. The summed E-state index contributed by atoms with van der Waals surface area (Å²) in [5.74, 6) is 0. The molecule has 25 heavy (non-hydrogen) atoms. The summed E-state index contributed by atoms with van der Waals surface area (Å²) in [6.45, 7) is 2.60. The van der Waals surface area contributed by atoms with Crippen LogP contribution in [0.3, 0.4) is 0 Å². The summed E-state index contributed by atoms with van der Waals surface area (Å²) in [6.07, 6.45) is 4.97. The van der Waals surface area contributed by atoms with Crippen molar-refractivity contribution in [3.63, 3.8) is 0 Å². The normalized spacial score (nSPS) is 16.8. The number of rotatable bonds is 4. The topological polar surface area (TPSA) is 67.6 Å². The van der Waals surface area contributed by atoms with Crippen LogP contribution in [-0.4, -0.2) is 25.6 Å². The van der Waals surface area contributed by atoms with Crippen LogP contribution in [0.2, 0.25) is 0 Å². The van der Waals surface area contributed by atoms with E-state index in [-0.39, 0.29) is 5.56 Å². The third-order valence-corrected chi connectivity index (χ3v) is 5.26. The van der Waals surface area contributed by atoms with Crippen molar-refractivity contribution in [1.82, 2.24) is 24.9 Å². The molecule has 3 aromatic rings. The van der Waals surface area contributed by atoms with Crippen LogP contribution < -0.4 is 10.9 Å². The maximum Gasteiger partial charge on any atom is 0.276 e. The first-order valence-electron chi connectivity index (χ1n) is 8.72. The van der Waals surface area contributed by atoms with Crippen LogP contribution in [-0.2, 0) is 26.4 Å². The number of hydrogen-bond acceptors (Lipinski definition) is 3. The van der Waals surface area contributed by atoms with Gasteiger partial charge in [-0.1, -0.05) is 18.2 Å². The third-order valence-electron chi connectivity index (χ3n) is 5.26. The van der Waals surface area contributed by atoms with Gasteiger partial charge in [0.25, 0.3) is 5.56 Å². The minimum absolute atomic E-state index is 0.0525. The van der Waals surface area contributed by atoms with Gasteiger partial charge < -0.3 is 5.32 Å². The zero-order valence-electron chi connectivity index (χ0n) is 14.6. The molecule has 1 aromatic carbocycles. The summed E-state index contributed by atoms with van der Waals surface area (Å²) in [7, 11) is 1.94. The number of aromatic nitrogens is 4. The van der Waals surface area contributed by atoms with Crippen molar-refractivity contribution in [2.24, 2.45) is 7.05 Å². The van der Waals surface area contributed by atoms with Crippen LogP contribution in [0.15, 0.2) is 41.3 Å². The monoisotopic (exact) mass is 337 g/mol. The molecule has 0 saturated carbocycles. The van der Waals surface area contributed by atoms with Crippen molar-refractivity contribution in [1.29, 1.82) is 0 Å². The van der Waals surface area contributed by atoms with Gasteiger partial charge in [-0.15, -0.1) is 0 Å². The first kappa shape index (κ1) is 15.9. The number of nitrogens with zero attached hydrogens (tertiary/aromatic N) is 3. The molecule has 130 valence electrons. The first-order chi connectivity index (χ1) is 12.1. The van der Waals surface area contributed by atoms with Gasteiger partial charge in [0.1, 0.15) is 0 Å². The molecule has 1 aliphatic rings. The minimum Gasteiger partial charge on any atom is -0.309 e. The predicted octanol–water partition coefficient (Wildman–Crippen LogP) is 1.85. The highest BCUT2D eigenvalue weighted by Crippen LogP contribution is 2.19. The van der Waals surface area contributed by atoms with E-state index < -0.39 is 0 Å². The number of fused-ring (bicyclic) bond motifs is 1. The molecule has 0 bridgehead atoms. The lowest BCUT2D eigenvalue weighted by Gasteiger charge is -2.22. The second kappa shape index (κ2) is 6.37. The molecule has 1 atom stereocenters. The molecule has 6 nitrogen and oxygen atoms in total. The Labute approximate surface area is 146 Å². The van der Waals surface area contributed by atoms with E-state index in [9.17, 15) is 4.79 Å². The lowest BCUT2D eigenvalue weighted by molar-refractivity contribution is 0.452. The van der Waals surface area contributed by atoms with Crippen molar-refractivity contribution >= 4 is 0 Å². The molecular formula is C19H23N5O. The fraction of sp³-hybridized carbons (Fsp3) is 0.368. The summed E-state index contributed by atoms with van der Waals surface area (Å²) < 4.78 is 3.67. The number of benzene rings is 1. The van der Waals surface area contributed by atoms with Crippen LogP contribution >= 0.6 is 0 Å². The average Bonchev–Trinajstić information content (AvgIpc) is 3.17. The Kier molecular flexibility index (Phi) is 4.05. The maximum atomic E-state index is 12.9. The van der Waals surface area contributed by atoms with E-state index in [1.807, 2.05) is 55.2 Å². The molecule has 4 rings (SSSR count). The summed E-state index contributed by atoms with van der Waals surface area (Å²) in [6, 6.07) is 10.1. The number of aromatic amines is 1. The van der Waals surface area contributed by atoms with E-state index in [4.69, 9.17) is 0 Å². The Bertz CT molecular complexity index is 935. The van der Waals surface area contributed by atoms with Gasteiger partial charge in [-0.3, -0.25) is 14.6 Å². The molecule has 0 aliphatic heterocycles. The summed E-state index contributed by atoms with van der Waals surface area (Å²) in [5.41, 5.74) is 5.32. The van der Waals surface area contributed by atoms with Gasteiger partial charge in [-0.05, 0) is 37.5 Å². The largest absolute Gasteiger partial charge is 0.309 e. The number of hydrogen-bond donors (Lipinski definition) is 2. The lowest BCUT2D eigenvalue weighted by Crippen LogP contribution is -2.35. The van der Waals surface area contributed by atoms with Gasteiger partial charge in [0.05, 0.1) is 17.4 Å². The Morgan fingerprint density at radius 3 is 2.92 bits per heavy atom. The van der Waals surface area contributed by atoms with Crippen LogP contribution in [0, 0.1) is 6.92 Å². The van der Waals surface area contributed by atoms with Crippen molar-refractivity contribution in [2.45, 2.75) is 38.8 Å². The van der Waals surface area contributed by atoms with E-state index in [2.05, 4.69) is 15.5 Å². The summed E-state index contributed by atoms with van der Waals surface area (Å²) in [5, 5.41) is 10.8.